The maximum Gasteiger partial charge on any atom is 0.246 e. The lowest BCUT2D eigenvalue weighted by atomic mass is 9.95. The van der Waals surface area contributed by atoms with Crippen molar-refractivity contribution in [1.82, 2.24) is 15.0 Å². The Hall–Kier alpha value is -2.37. The van der Waals surface area contributed by atoms with Gasteiger partial charge in [0.15, 0.2) is 5.82 Å². The number of fused-ring (bicyclic) bond motifs is 1. The van der Waals surface area contributed by atoms with Crippen molar-refractivity contribution in [2.45, 2.75) is 33.2 Å². The normalized spacial score (nSPS) is 16.5. The van der Waals surface area contributed by atoms with Crippen LogP contribution in [-0.2, 0) is 24.2 Å². The van der Waals surface area contributed by atoms with Gasteiger partial charge in [-0.25, -0.2) is 0 Å². The molecule has 23 heavy (non-hydrogen) atoms. The maximum absolute atomic E-state index is 12.8. The van der Waals surface area contributed by atoms with Gasteiger partial charge in [0.1, 0.15) is 12.4 Å². The summed E-state index contributed by atoms with van der Waals surface area (Å²) in [6.45, 7) is 5.28. The van der Waals surface area contributed by atoms with E-state index in [1.807, 2.05) is 38.1 Å². The fourth-order valence-corrected chi connectivity index (χ4v) is 2.75. The monoisotopic (exact) mass is 315 g/mol. The van der Waals surface area contributed by atoms with Gasteiger partial charge in [0.05, 0.1) is 12.5 Å². The summed E-state index contributed by atoms with van der Waals surface area (Å²) >= 11 is 0. The summed E-state index contributed by atoms with van der Waals surface area (Å²) in [5.74, 6) is 1.92. The standard InChI is InChI=1S/C17H21N3O3/c1-3-15-18-16(23-19-15)10-20(4-2)17(21)13-9-12-7-5-6-8-14(12)22-11-13/h5-8,13H,3-4,9-11H2,1-2H3/t13-/m1/s1. The van der Waals surface area contributed by atoms with Gasteiger partial charge < -0.3 is 14.2 Å². The number of hydrogen-bond acceptors (Lipinski definition) is 5. The maximum atomic E-state index is 12.8. The number of rotatable bonds is 5. The van der Waals surface area contributed by atoms with Crippen LogP contribution in [0.15, 0.2) is 28.8 Å². The van der Waals surface area contributed by atoms with E-state index in [2.05, 4.69) is 10.1 Å². The van der Waals surface area contributed by atoms with Gasteiger partial charge in [-0.3, -0.25) is 4.79 Å². The molecule has 0 saturated carbocycles. The first-order chi connectivity index (χ1) is 11.2. The van der Waals surface area contributed by atoms with Crippen LogP contribution in [0.5, 0.6) is 5.75 Å². The number of carbonyl (C=O) groups is 1. The number of nitrogens with zero attached hydrogens (tertiary/aromatic N) is 3. The molecule has 0 fully saturated rings. The summed E-state index contributed by atoms with van der Waals surface area (Å²) in [5, 5.41) is 3.87. The average molecular weight is 315 g/mol. The zero-order valence-electron chi connectivity index (χ0n) is 13.5. The van der Waals surface area contributed by atoms with Crippen molar-refractivity contribution < 1.29 is 14.1 Å². The van der Waals surface area contributed by atoms with Crippen LogP contribution in [0.3, 0.4) is 0 Å². The minimum absolute atomic E-state index is 0.0678. The topological polar surface area (TPSA) is 68.5 Å². The Balaban J connectivity index is 1.68. The Morgan fingerprint density at radius 2 is 2.17 bits per heavy atom. The van der Waals surface area contributed by atoms with E-state index in [4.69, 9.17) is 9.26 Å². The molecule has 0 aliphatic carbocycles. The van der Waals surface area contributed by atoms with E-state index >= 15 is 0 Å². The second-order valence-corrected chi connectivity index (χ2v) is 5.63. The molecule has 0 radical (unpaired) electrons. The first-order valence-corrected chi connectivity index (χ1v) is 8.02. The molecular formula is C17H21N3O3. The molecule has 6 nitrogen and oxygen atoms in total. The third-order valence-corrected chi connectivity index (χ3v) is 4.07. The minimum Gasteiger partial charge on any atom is -0.492 e. The molecule has 0 saturated heterocycles. The minimum atomic E-state index is -0.168. The smallest absolute Gasteiger partial charge is 0.246 e. The molecule has 1 aromatic heterocycles. The summed E-state index contributed by atoms with van der Waals surface area (Å²) in [7, 11) is 0. The van der Waals surface area contributed by atoms with Gasteiger partial charge in [-0.1, -0.05) is 30.3 Å². The lowest BCUT2D eigenvalue weighted by Gasteiger charge is -2.29. The van der Waals surface area contributed by atoms with E-state index in [-0.39, 0.29) is 11.8 Å². The zero-order chi connectivity index (χ0) is 16.2. The van der Waals surface area contributed by atoms with Gasteiger partial charge in [-0.2, -0.15) is 4.98 Å². The summed E-state index contributed by atoms with van der Waals surface area (Å²) in [6, 6.07) is 7.87. The first-order valence-electron chi connectivity index (χ1n) is 8.02. The second-order valence-electron chi connectivity index (χ2n) is 5.63. The molecule has 1 amide bonds. The largest absolute Gasteiger partial charge is 0.492 e. The second kappa shape index (κ2) is 6.81. The highest BCUT2D eigenvalue weighted by molar-refractivity contribution is 5.79. The molecular weight excluding hydrogens is 294 g/mol. The Morgan fingerprint density at radius 3 is 2.91 bits per heavy atom. The lowest BCUT2D eigenvalue weighted by molar-refractivity contribution is -0.137. The van der Waals surface area contributed by atoms with Crippen molar-refractivity contribution in [3.63, 3.8) is 0 Å². The number of benzene rings is 1. The molecule has 1 aromatic carbocycles. The van der Waals surface area contributed by atoms with Crippen molar-refractivity contribution in [1.29, 1.82) is 0 Å². The summed E-state index contributed by atoms with van der Waals surface area (Å²) in [6.07, 6.45) is 1.42. The molecule has 1 atom stereocenters. The molecule has 2 heterocycles. The number of carbonyl (C=O) groups excluding carboxylic acids is 1. The van der Waals surface area contributed by atoms with E-state index in [9.17, 15) is 4.79 Å². The van der Waals surface area contributed by atoms with E-state index in [1.54, 1.807) is 4.90 Å². The predicted octanol–water partition coefficient (Wildman–Crippen LogP) is 2.23. The van der Waals surface area contributed by atoms with Crippen LogP contribution in [0.4, 0.5) is 0 Å². The van der Waals surface area contributed by atoms with Crippen LogP contribution in [0.1, 0.15) is 31.1 Å². The number of hydrogen-bond donors (Lipinski definition) is 0. The zero-order valence-corrected chi connectivity index (χ0v) is 13.5. The molecule has 0 N–H and O–H groups in total. The van der Waals surface area contributed by atoms with Crippen LogP contribution in [0.25, 0.3) is 0 Å². The van der Waals surface area contributed by atoms with Gasteiger partial charge in [-0.05, 0) is 25.0 Å². The molecule has 0 spiro atoms. The Kier molecular flexibility index (Phi) is 4.60. The molecule has 122 valence electrons. The molecule has 1 aliphatic rings. The molecule has 0 unspecified atom stereocenters. The molecule has 1 aliphatic heterocycles. The highest BCUT2D eigenvalue weighted by atomic mass is 16.5. The summed E-state index contributed by atoms with van der Waals surface area (Å²) < 4.78 is 10.9. The van der Waals surface area contributed by atoms with Crippen molar-refractivity contribution in [2.75, 3.05) is 13.2 Å². The van der Waals surface area contributed by atoms with Gasteiger partial charge in [0.2, 0.25) is 11.8 Å². The Labute approximate surface area is 135 Å². The molecule has 6 heteroatoms. The fraction of sp³-hybridized carbons (Fsp3) is 0.471. The van der Waals surface area contributed by atoms with Crippen LogP contribution in [0, 0.1) is 5.92 Å². The van der Waals surface area contributed by atoms with Crippen molar-refractivity contribution in [3.05, 3.63) is 41.5 Å². The summed E-state index contributed by atoms with van der Waals surface area (Å²) in [5.41, 5.74) is 1.08. The van der Waals surface area contributed by atoms with Gasteiger partial charge in [0, 0.05) is 13.0 Å². The van der Waals surface area contributed by atoms with Crippen LogP contribution in [-0.4, -0.2) is 34.1 Å². The van der Waals surface area contributed by atoms with E-state index in [0.29, 0.717) is 37.8 Å². The van der Waals surface area contributed by atoms with Crippen molar-refractivity contribution >= 4 is 5.91 Å². The van der Waals surface area contributed by atoms with Gasteiger partial charge in [0.25, 0.3) is 0 Å². The lowest BCUT2D eigenvalue weighted by Crippen LogP contribution is -2.40. The molecule has 3 rings (SSSR count). The van der Waals surface area contributed by atoms with Crippen molar-refractivity contribution in [2.24, 2.45) is 5.92 Å². The highest BCUT2D eigenvalue weighted by Crippen LogP contribution is 2.27. The van der Waals surface area contributed by atoms with Gasteiger partial charge in [-0.15, -0.1) is 0 Å². The first kappa shape index (κ1) is 15.5. The van der Waals surface area contributed by atoms with Crippen LogP contribution < -0.4 is 4.74 Å². The third-order valence-electron chi connectivity index (χ3n) is 4.07. The SMILES string of the molecule is CCc1noc(CN(CC)C(=O)[C@H]2COc3ccccc3C2)n1. The molecule has 0 bridgehead atoms. The number of para-hydroxylation sites is 1. The highest BCUT2D eigenvalue weighted by Gasteiger charge is 2.29. The quantitative estimate of drug-likeness (QED) is 0.846. The fourth-order valence-electron chi connectivity index (χ4n) is 2.75. The van der Waals surface area contributed by atoms with Crippen molar-refractivity contribution in [3.8, 4) is 5.75 Å². The van der Waals surface area contributed by atoms with Gasteiger partial charge >= 0.3 is 0 Å². The number of aromatic nitrogens is 2. The summed E-state index contributed by atoms with van der Waals surface area (Å²) in [4.78, 5) is 18.8. The predicted molar refractivity (Wildman–Crippen MR) is 83.9 cm³/mol. The Morgan fingerprint density at radius 1 is 1.35 bits per heavy atom. The number of aryl methyl sites for hydroxylation is 1. The average Bonchev–Trinajstić information content (AvgIpc) is 3.06. The van der Waals surface area contributed by atoms with E-state index in [0.717, 1.165) is 17.7 Å². The van der Waals surface area contributed by atoms with E-state index < -0.39 is 0 Å². The van der Waals surface area contributed by atoms with Crippen LogP contribution >= 0.6 is 0 Å². The number of ether oxygens (including phenoxy) is 1. The molecule has 2 aromatic rings. The third kappa shape index (κ3) is 3.36. The van der Waals surface area contributed by atoms with Crippen LogP contribution in [0.2, 0.25) is 0 Å². The van der Waals surface area contributed by atoms with E-state index in [1.165, 1.54) is 0 Å². The Bertz CT molecular complexity index is 683. The number of amides is 1.